The molecule has 3 aromatic rings. The molecule has 0 aliphatic rings. The van der Waals surface area contributed by atoms with Crippen LogP contribution in [0.4, 0.5) is 0 Å². The fourth-order valence-electron chi connectivity index (χ4n) is 2.20. The van der Waals surface area contributed by atoms with Gasteiger partial charge in [-0.15, -0.1) is 0 Å². The highest BCUT2D eigenvalue weighted by Gasteiger charge is 2.10. The maximum atomic E-state index is 9.51. The van der Waals surface area contributed by atoms with Crippen LogP contribution in [-0.2, 0) is 18.9 Å². The van der Waals surface area contributed by atoms with Crippen LogP contribution >= 0.6 is 11.8 Å². The highest BCUT2D eigenvalue weighted by molar-refractivity contribution is 7.98. The van der Waals surface area contributed by atoms with Crippen LogP contribution < -0.4 is 0 Å². The van der Waals surface area contributed by atoms with E-state index in [9.17, 15) is 5.11 Å². The first-order chi connectivity index (χ1) is 10.9. The zero-order chi connectivity index (χ0) is 15.2. The summed E-state index contributed by atoms with van der Waals surface area (Å²) >= 11 is 1.68. The number of hydrogen-bond acceptors (Lipinski definition) is 4. The minimum atomic E-state index is -0.00994. The summed E-state index contributed by atoms with van der Waals surface area (Å²) in [7, 11) is 0. The predicted octanol–water partition coefficient (Wildman–Crippen LogP) is 3.11. The van der Waals surface area contributed by atoms with Gasteiger partial charge in [0, 0.05) is 18.1 Å². The van der Waals surface area contributed by atoms with Crippen molar-refractivity contribution >= 4 is 11.8 Å². The van der Waals surface area contributed by atoms with Crippen molar-refractivity contribution in [3.8, 4) is 0 Å². The Bertz CT molecular complexity index is 713. The summed E-state index contributed by atoms with van der Waals surface area (Å²) in [6.45, 7) is 0.680. The molecule has 0 aliphatic heterocycles. The smallest absolute Gasteiger partial charge is 0.168 e. The quantitative estimate of drug-likeness (QED) is 0.711. The van der Waals surface area contributed by atoms with Gasteiger partial charge in [0.1, 0.15) is 0 Å². The van der Waals surface area contributed by atoms with Gasteiger partial charge in [0.2, 0.25) is 0 Å². The Morgan fingerprint density at radius 2 is 1.77 bits per heavy atom. The van der Waals surface area contributed by atoms with Gasteiger partial charge in [-0.05, 0) is 23.3 Å². The minimum Gasteiger partial charge on any atom is -0.390 e. The number of pyridine rings is 1. The molecule has 0 fully saturated rings. The van der Waals surface area contributed by atoms with Crippen molar-refractivity contribution in [3.05, 3.63) is 77.9 Å². The van der Waals surface area contributed by atoms with E-state index in [0.717, 1.165) is 22.2 Å². The first-order valence-corrected chi connectivity index (χ1v) is 8.06. The normalized spacial score (nSPS) is 10.8. The molecule has 0 aliphatic carbocycles. The highest BCUT2D eigenvalue weighted by Crippen LogP contribution is 2.24. The first-order valence-electron chi connectivity index (χ1n) is 7.07. The van der Waals surface area contributed by atoms with E-state index in [-0.39, 0.29) is 6.61 Å². The molecule has 112 valence electrons. The summed E-state index contributed by atoms with van der Waals surface area (Å²) < 4.78 is 2.06. The van der Waals surface area contributed by atoms with Gasteiger partial charge >= 0.3 is 0 Å². The molecule has 0 atom stereocenters. The third-order valence-electron chi connectivity index (χ3n) is 3.36. The molecule has 5 heteroatoms. The average molecular weight is 311 g/mol. The molecule has 2 heterocycles. The molecule has 2 aromatic heterocycles. The van der Waals surface area contributed by atoms with Crippen LogP contribution in [-0.4, -0.2) is 19.6 Å². The van der Waals surface area contributed by atoms with E-state index >= 15 is 0 Å². The lowest BCUT2D eigenvalue weighted by atomic mass is 10.2. The van der Waals surface area contributed by atoms with E-state index in [1.54, 1.807) is 30.4 Å². The summed E-state index contributed by atoms with van der Waals surface area (Å²) in [5.41, 5.74) is 3.23. The lowest BCUT2D eigenvalue weighted by molar-refractivity contribution is 0.270. The first kappa shape index (κ1) is 14.8. The Labute approximate surface area is 133 Å². The molecule has 0 saturated carbocycles. The number of aliphatic hydroxyl groups excluding tert-OH is 1. The molecule has 1 N–H and O–H groups in total. The molecule has 4 nitrogen and oxygen atoms in total. The molecule has 0 amide bonds. The zero-order valence-corrected chi connectivity index (χ0v) is 12.9. The van der Waals surface area contributed by atoms with Crippen LogP contribution in [0.25, 0.3) is 0 Å². The number of thioether (sulfide) groups is 1. The van der Waals surface area contributed by atoms with Crippen molar-refractivity contribution < 1.29 is 5.11 Å². The molecule has 22 heavy (non-hydrogen) atoms. The SMILES string of the molecule is OCc1cnc(SCc2ccccc2)n1Cc1ccncc1. The Hall–Kier alpha value is -2.11. The Morgan fingerprint density at radius 1 is 1.00 bits per heavy atom. The number of aromatic nitrogens is 3. The maximum Gasteiger partial charge on any atom is 0.168 e. The second-order valence-corrected chi connectivity index (χ2v) is 5.85. The number of hydrogen-bond donors (Lipinski definition) is 1. The molecular formula is C17H17N3OS. The van der Waals surface area contributed by atoms with Gasteiger partial charge in [0.25, 0.3) is 0 Å². The topological polar surface area (TPSA) is 50.9 Å². The molecule has 1 aromatic carbocycles. The van der Waals surface area contributed by atoms with Gasteiger partial charge in [-0.2, -0.15) is 0 Å². The van der Waals surface area contributed by atoms with Crippen molar-refractivity contribution in [3.63, 3.8) is 0 Å². The van der Waals surface area contributed by atoms with E-state index < -0.39 is 0 Å². The lowest BCUT2D eigenvalue weighted by Gasteiger charge is -2.10. The van der Waals surface area contributed by atoms with Crippen molar-refractivity contribution in [2.24, 2.45) is 0 Å². The van der Waals surface area contributed by atoms with Crippen LogP contribution in [0.1, 0.15) is 16.8 Å². The van der Waals surface area contributed by atoms with Crippen LogP contribution in [0.5, 0.6) is 0 Å². The summed E-state index contributed by atoms with van der Waals surface area (Å²) in [6.07, 6.45) is 5.30. The van der Waals surface area contributed by atoms with Gasteiger partial charge < -0.3 is 9.67 Å². The van der Waals surface area contributed by atoms with E-state index in [2.05, 4.69) is 26.7 Å². The molecule has 0 radical (unpaired) electrons. The maximum absolute atomic E-state index is 9.51. The summed E-state index contributed by atoms with van der Waals surface area (Å²) in [6, 6.07) is 14.3. The summed E-state index contributed by atoms with van der Waals surface area (Å²) in [5, 5.41) is 10.4. The standard InChI is InChI=1S/C17H17N3OS/c21-12-16-10-19-17(22-13-15-4-2-1-3-5-15)20(16)11-14-6-8-18-9-7-14/h1-10,21H,11-13H2. The van der Waals surface area contributed by atoms with E-state index in [1.165, 1.54) is 5.56 Å². The Kier molecular flexibility index (Phi) is 4.88. The van der Waals surface area contributed by atoms with Crippen LogP contribution in [0.15, 0.2) is 66.2 Å². The molecule has 0 spiro atoms. The van der Waals surface area contributed by atoms with E-state index in [4.69, 9.17) is 0 Å². The fourth-order valence-corrected chi connectivity index (χ4v) is 3.15. The van der Waals surface area contributed by atoms with Gasteiger partial charge in [-0.25, -0.2) is 4.98 Å². The van der Waals surface area contributed by atoms with Crippen LogP contribution in [0.2, 0.25) is 0 Å². The van der Waals surface area contributed by atoms with Gasteiger partial charge in [0.15, 0.2) is 5.16 Å². The number of aliphatic hydroxyl groups is 1. The van der Waals surface area contributed by atoms with Crippen molar-refractivity contribution in [1.82, 2.24) is 14.5 Å². The van der Waals surface area contributed by atoms with Gasteiger partial charge in [-0.3, -0.25) is 4.98 Å². The minimum absolute atomic E-state index is 0.00994. The molecule has 0 unspecified atom stereocenters. The Morgan fingerprint density at radius 3 is 2.50 bits per heavy atom. The second kappa shape index (κ2) is 7.24. The molecular weight excluding hydrogens is 294 g/mol. The summed E-state index contributed by atoms with van der Waals surface area (Å²) in [5.74, 6) is 0.860. The van der Waals surface area contributed by atoms with Crippen LogP contribution in [0.3, 0.4) is 0 Å². The third-order valence-corrected chi connectivity index (χ3v) is 4.43. The highest BCUT2D eigenvalue weighted by atomic mass is 32.2. The van der Waals surface area contributed by atoms with Crippen molar-refractivity contribution in [2.75, 3.05) is 0 Å². The van der Waals surface area contributed by atoms with E-state index in [1.807, 2.05) is 30.3 Å². The van der Waals surface area contributed by atoms with Crippen LogP contribution in [0, 0.1) is 0 Å². The van der Waals surface area contributed by atoms with E-state index in [0.29, 0.717) is 6.54 Å². The number of nitrogens with zero attached hydrogens (tertiary/aromatic N) is 3. The second-order valence-electron chi connectivity index (χ2n) is 4.91. The number of imidazole rings is 1. The number of rotatable bonds is 6. The van der Waals surface area contributed by atoms with Crippen molar-refractivity contribution in [1.29, 1.82) is 0 Å². The largest absolute Gasteiger partial charge is 0.390 e. The lowest BCUT2D eigenvalue weighted by Crippen LogP contribution is -2.06. The van der Waals surface area contributed by atoms with Gasteiger partial charge in [0.05, 0.1) is 25.0 Å². The third kappa shape index (κ3) is 3.55. The summed E-state index contributed by atoms with van der Waals surface area (Å²) in [4.78, 5) is 8.48. The molecule has 3 rings (SSSR count). The number of benzene rings is 1. The average Bonchev–Trinajstić information content (AvgIpc) is 2.97. The predicted molar refractivity (Wildman–Crippen MR) is 87.5 cm³/mol. The monoisotopic (exact) mass is 311 g/mol. The fraction of sp³-hybridized carbons (Fsp3) is 0.176. The Balaban J connectivity index is 1.78. The van der Waals surface area contributed by atoms with Gasteiger partial charge in [-0.1, -0.05) is 42.1 Å². The zero-order valence-electron chi connectivity index (χ0n) is 12.1. The molecule has 0 saturated heterocycles. The van der Waals surface area contributed by atoms with Crippen molar-refractivity contribution in [2.45, 2.75) is 24.1 Å². The molecule has 0 bridgehead atoms.